The molecule has 0 unspecified atom stereocenters. The first kappa shape index (κ1) is 21.3. The summed E-state index contributed by atoms with van der Waals surface area (Å²) < 4.78 is 21.0. The number of halogens is 1. The van der Waals surface area contributed by atoms with Crippen LogP contribution in [0.5, 0.6) is 5.75 Å². The van der Waals surface area contributed by atoms with Gasteiger partial charge in [0.25, 0.3) is 5.91 Å². The number of benzene rings is 3. The number of para-hydroxylation sites is 1. The monoisotopic (exact) mass is 429 g/mol. The minimum Gasteiger partial charge on any atom is -0.488 e. The fourth-order valence-corrected chi connectivity index (χ4v) is 3.46. The van der Waals surface area contributed by atoms with E-state index >= 15 is 0 Å². The number of carbonyl (C=O) groups is 1. The molecule has 162 valence electrons. The van der Waals surface area contributed by atoms with Crippen LogP contribution in [-0.4, -0.2) is 15.7 Å². The lowest BCUT2D eigenvalue weighted by Crippen LogP contribution is -2.13. The summed E-state index contributed by atoms with van der Waals surface area (Å²) in [6, 6.07) is 21.4. The standard InChI is InChI=1S/C26H24FN3O2/c1-18-5-3-6-19(2)25(18)32-17-20-9-11-22(12-10-20)26(31)28-24-13-14-30(29-24)16-21-7-4-8-23(27)15-21/h3-15H,16-17H2,1-2H3,(H,28,29,31). The molecule has 0 radical (unpaired) electrons. The van der Waals surface area contributed by atoms with Crippen LogP contribution in [0.3, 0.4) is 0 Å². The maximum Gasteiger partial charge on any atom is 0.256 e. The SMILES string of the molecule is Cc1cccc(C)c1OCc1ccc(C(=O)Nc2ccn(Cc3cccc(F)c3)n2)cc1. The molecule has 0 aliphatic carbocycles. The van der Waals surface area contributed by atoms with Crippen molar-refractivity contribution in [2.24, 2.45) is 0 Å². The number of aryl methyl sites for hydroxylation is 2. The van der Waals surface area contributed by atoms with Gasteiger partial charge in [0.05, 0.1) is 6.54 Å². The molecule has 1 amide bonds. The molecule has 0 saturated carbocycles. The number of ether oxygens (including phenoxy) is 1. The van der Waals surface area contributed by atoms with Gasteiger partial charge < -0.3 is 10.1 Å². The van der Waals surface area contributed by atoms with Crippen molar-refractivity contribution in [2.75, 3.05) is 5.32 Å². The van der Waals surface area contributed by atoms with Crippen molar-refractivity contribution >= 4 is 11.7 Å². The molecule has 0 aliphatic rings. The Bertz CT molecular complexity index is 1210. The summed E-state index contributed by atoms with van der Waals surface area (Å²) in [4.78, 5) is 12.6. The Kier molecular flexibility index (Phi) is 6.31. The van der Waals surface area contributed by atoms with Crippen LogP contribution in [0.4, 0.5) is 10.2 Å². The average Bonchev–Trinajstić information content (AvgIpc) is 3.20. The Morgan fingerprint density at radius 3 is 2.41 bits per heavy atom. The van der Waals surface area contributed by atoms with Crippen LogP contribution in [0.1, 0.15) is 32.6 Å². The summed E-state index contributed by atoms with van der Waals surface area (Å²) in [5.41, 5.74) is 4.49. The van der Waals surface area contributed by atoms with Crippen LogP contribution < -0.4 is 10.1 Å². The van der Waals surface area contributed by atoms with Crippen LogP contribution in [0.2, 0.25) is 0 Å². The van der Waals surface area contributed by atoms with E-state index in [-0.39, 0.29) is 11.7 Å². The fraction of sp³-hybridized carbons (Fsp3) is 0.154. The summed E-state index contributed by atoms with van der Waals surface area (Å²) in [6.45, 7) is 4.89. The smallest absolute Gasteiger partial charge is 0.256 e. The number of nitrogens with zero attached hydrogens (tertiary/aromatic N) is 2. The van der Waals surface area contributed by atoms with Crippen LogP contribution >= 0.6 is 0 Å². The molecule has 1 N–H and O–H groups in total. The highest BCUT2D eigenvalue weighted by Gasteiger charge is 2.09. The number of hydrogen-bond donors (Lipinski definition) is 1. The number of amides is 1. The second-order valence-corrected chi connectivity index (χ2v) is 7.69. The fourth-order valence-electron chi connectivity index (χ4n) is 3.46. The first-order chi connectivity index (χ1) is 15.5. The first-order valence-electron chi connectivity index (χ1n) is 10.3. The lowest BCUT2D eigenvalue weighted by Gasteiger charge is -2.12. The second kappa shape index (κ2) is 9.47. The Morgan fingerprint density at radius 1 is 0.969 bits per heavy atom. The molecule has 0 bridgehead atoms. The quantitative estimate of drug-likeness (QED) is 0.421. The highest BCUT2D eigenvalue weighted by molar-refractivity contribution is 6.03. The molecule has 1 heterocycles. The normalized spacial score (nSPS) is 10.7. The lowest BCUT2D eigenvalue weighted by atomic mass is 10.1. The zero-order chi connectivity index (χ0) is 22.5. The molecule has 1 aromatic heterocycles. The first-order valence-corrected chi connectivity index (χ1v) is 10.3. The van der Waals surface area contributed by atoms with Crippen molar-refractivity contribution in [2.45, 2.75) is 27.0 Å². The Hall–Kier alpha value is -3.93. The van der Waals surface area contributed by atoms with E-state index in [0.717, 1.165) is 28.0 Å². The topological polar surface area (TPSA) is 56.1 Å². The van der Waals surface area contributed by atoms with Gasteiger partial charge in [0.15, 0.2) is 5.82 Å². The number of rotatable bonds is 7. The number of carbonyl (C=O) groups excluding carboxylic acids is 1. The molecule has 4 aromatic rings. The molecule has 6 heteroatoms. The summed E-state index contributed by atoms with van der Waals surface area (Å²) in [5, 5.41) is 7.13. The Labute approximate surface area is 186 Å². The van der Waals surface area contributed by atoms with Gasteiger partial charge in [-0.15, -0.1) is 0 Å². The van der Waals surface area contributed by atoms with E-state index in [9.17, 15) is 9.18 Å². The molecule has 0 saturated heterocycles. The molecule has 0 fully saturated rings. The highest BCUT2D eigenvalue weighted by atomic mass is 19.1. The van der Waals surface area contributed by atoms with Crippen molar-refractivity contribution in [3.63, 3.8) is 0 Å². The van der Waals surface area contributed by atoms with E-state index in [1.165, 1.54) is 12.1 Å². The lowest BCUT2D eigenvalue weighted by molar-refractivity contribution is 0.102. The van der Waals surface area contributed by atoms with Gasteiger partial charge in [-0.05, 0) is 60.4 Å². The summed E-state index contributed by atoms with van der Waals surface area (Å²) >= 11 is 0. The molecule has 3 aromatic carbocycles. The maximum atomic E-state index is 13.3. The van der Waals surface area contributed by atoms with Gasteiger partial charge in [-0.1, -0.05) is 42.5 Å². The largest absolute Gasteiger partial charge is 0.488 e. The third-order valence-corrected chi connectivity index (χ3v) is 5.12. The van der Waals surface area contributed by atoms with E-state index in [1.54, 1.807) is 35.1 Å². The number of anilines is 1. The minimum absolute atomic E-state index is 0.247. The molecule has 32 heavy (non-hydrogen) atoms. The van der Waals surface area contributed by atoms with Crippen LogP contribution in [0.15, 0.2) is 79.0 Å². The van der Waals surface area contributed by atoms with Gasteiger partial charge in [0.1, 0.15) is 18.2 Å². The highest BCUT2D eigenvalue weighted by Crippen LogP contribution is 2.23. The zero-order valence-corrected chi connectivity index (χ0v) is 18.0. The van der Waals surface area contributed by atoms with Crippen molar-refractivity contribution in [1.82, 2.24) is 9.78 Å². The van der Waals surface area contributed by atoms with Gasteiger partial charge in [-0.3, -0.25) is 9.48 Å². The van der Waals surface area contributed by atoms with E-state index in [4.69, 9.17) is 4.74 Å². The number of aromatic nitrogens is 2. The Balaban J connectivity index is 1.34. The molecule has 5 nitrogen and oxygen atoms in total. The zero-order valence-electron chi connectivity index (χ0n) is 18.0. The van der Waals surface area contributed by atoms with Gasteiger partial charge in [-0.2, -0.15) is 5.10 Å². The van der Waals surface area contributed by atoms with Crippen LogP contribution in [-0.2, 0) is 13.2 Å². The van der Waals surface area contributed by atoms with E-state index in [1.807, 2.05) is 50.2 Å². The number of hydrogen-bond acceptors (Lipinski definition) is 3. The molecule has 0 spiro atoms. The van der Waals surface area contributed by atoms with Gasteiger partial charge in [0.2, 0.25) is 0 Å². The van der Waals surface area contributed by atoms with E-state index in [0.29, 0.717) is 24.5 Å². The summed E-state index contributed by atoms with van der Waals surface area (Å²) in [7, 11) is 0. The van der Waals surface area contributed by atoms with Crippen molar-refractivity contribution in [3.8, 4) is 5.75 Å². The molecule has 4 rings (SSSR count). The van der Waals surface area contributed by atoms with Crippen LogP contribution in [0.25, 0.3) is 0 Å². The maximum absolute atomic E-state index is 13.3. The summed E-state index contributed by atoms with van der Waals surface area (Å²) in [5.74, 6) is 0.797. The predicted molar refractivity (Wildman–Crippen MR) is 122 cm³/mol. The van der Waals surface area contributed by atoms with Gasteiger partial charge >= 0.3 is 0 Å². The second-order valence-electron chi connectivity index (χ2n) is 7.69. The van der Waals surface area contributed by atoms with E-state index < -0.39 is 0 Å². The van der Waals surface area contributed by atoms with Crippen molar-refractivity contribution in [1.29, 1.82) is 0 Å². The molecular weight excluding hydrogens is 405 g/mol. The van der Waals surface area contributed by atoms with Crippen molar-refractivity contribution < 1.29 is 13.9 Å². The molecule has 0 atom stereocenters. The molecule has 0 aliphatic heterocycles. The van der Waals surface area contributed by atoms with Gasteiger partial charge in [0, 0.05) is 17.8 Å². The third-order valence-electron chi connectivity index (χ3n) is 5.12. The van der Waals surface area contributed by atoms with E-state index in [2.05, 4.69) is 10.4 Å². The van der Waals surface area contributed by atoms with Crippen molar-refractivity contribution in [3.05, 3.63) is 113 Å². The predicted octanol–water partition coefficient (Wildman–Crippen LogP) is 5.52. The van der Waals surface area contributed by atoms with Crippen LogP contribution in [0, 0.1) is 19.7 Å². The number of nitrogens with one attached hydrogen (secondary N) is 1. The third kappa shape index (κ3) is 5.21. The average molecular weight is 429 g/mol. The minimum atomic E-state index is -0.286. The Morgan fingerprint density at radius 2 is 1.69 bits per heavy atom. The van der Waals surface area contributed by atoms with Gasteiger partial charge in [-0.25, -0.2) is 4.39 Å². The summed E-state index contributed by atoms with van der Waals surface area (Å²) in [6.07, 6.45) is 1.74. The molecular formula is C26H24FN3O2.